The average molecular weight is 484 g/mol. The highest BCUT2D eigenvalue weighted by molar-refractivity contribution is 9.10. The molecule has 0 saturated heterocycles. The maximum atomic E-state index is 12.6. The highest BCUT2D eigenvalue weighted by Crippen LogP contribution is 2.25. The van der Waals surface area contributed by atoms with Crippen molar-refractivity contribution in [3.05, 3.63) is 82.6 Å². The Morgan fingerprint density at radius 1 is 1.10 bits per heavy atom. The fraction of sp³-hybridized carbons (Fsp3) is 0.0909. The summed E-state index contributed by atoms with van der Waals surface area (Å²) in [5.74, 6) is -0.335. The van der Waals surface area contributed by atoms with Crippen LogP contribution < -0.4 is 5.32 Å². The number of fused-ring (bicyclic) bond motifs is 1. The first-order chi connectivity index (χ1) is 14.2. The van der Waals surface area contributed by atoms with Crippen molar-refractivity contribution in [2.24, 2.45) is 0 Å². The monoisotopic (exact) mass is 483 g/mol. The molecule has 0 fully saturated rings. The van der Waals surface area contributed by atoms with Gasteiger partial charge in [-0.1, -0.05) is 18.2 Å². The fourth-order valence-corrected chi connectivity index (χ4v) is 4.48. The molecule has 30 heavy (non-hydrogen) atoms. The number of nitrogens with zero attached hydrogens (tertiary/aromatic N) is 2. The Balaban J connectivity index is 1.54. The molecule has 0 atom stereocenters. The molecule has 0 aliphatic heterocycles. The summed E-state index contributed by atoms with van der Waals surface area (Å²) in [6.45, 7) is 2.02. The second-order valence-electron chi connectivity index (χ2n) is 6.99. The molecule has 0 aliphatic carbocycles. The van der Waals surface area contributed by atoms with E-state index in [1.165, 1.54) is 18.2 Å². The van der Waals surface area contributed by atoms with Crippen molar-refractivity contribution in [2.75, 3.05) is 11.6 Å². The molecular formula is C22H18BrN3O3S. The van der Waals surface area contributed by atoms with Crippen LogP contribution in [0, 0.1) is 6.92 Å². The molecule has 0 bridgehead atoms. The molecule has 2 aromatic heterocycles. The minimum absolute atomic E-state index is 0.151. The van der Waals surface area contributed by atoms with Crippen molar-refractivity contribution in [3.8, 4) is 11.3 Å². The Morgan fingerprint density at radius 2 is 1.83 bits per heavy atom. The largest absolute Gasteiger partial charge is 0.322 e. The van der Waals surface area contributed by atoms with Gasteiger partial charge in [0.05, 0.1) is 16.2 Å². The smallest absolute Gasteiger partial charge is 0.256 e. The van der Waals surface area contributed by atoms with Crippen molar-refractivity contribution in [3.63, 3.8) is 0 Å². The Labute approximate surface area is 182 Å². The van der Waals surface area contributed by atoms with Crippen LogP contribution in [0.25, 0.3) is 16.9 Å². The van der Waals surface area contributed by atoms with Gasteiger partial charge in [-0.2, -0.15) is 0 Å². The van der Waals surface area contributed by atoms with Crippen LogP contribution in [0.5, 0.6) is 0 Å². The molecule has 1 amide bonds. The topological polar surface area (TPSA) is 80.5 Å². The molecule has 0 spiro atoms. The van der Waals surface area contributed by atoms with Crippen LogP contribution in [0.2, 0.25) is 0 Å². The summed E-state index contributed by atoms with van der Waals surface area (Å²) in [4.78, 5) is 17.4. The molecule has 0 saturated carbocycles. The third kappa shape index (κ3) is 4.01. The lowest BCUT2D eigenvalue weighted by atomic mass is 10.1. The molecule has 0 radical (unpaired) electrons. The number of nitrogens with one attached hydrogen (secondary N) is 1. The van der Waals surface area contributed by atoms with Gasteiger partial charge in [-0.15, -0.1) is 0 Å². The Hall–Kier alpha value is -2.97. The van der Waals surface area contributed by atoms with E-state index in [2.05, 4.69) is 26.2 Å². The minimum atomic E-state index is -3.34. The Bertz CT molecular complexity index is 1380. The molecule has 2 aromatic carbocycles. The molecule has 6 nitrogen and oxygen atoms in total. The Morgan fingerprint density at radius 3 is 2.47 bits per heavy atom. The second-order valence-corrected chi connectivity index (χ2v) is 9.86. The number of carbonyl (C=O) groups excluding carboxylic acids is 1. The van der Waals surface area contributed by atoms with E-state index in [0.29, 0.717) is 15.7 Å². The standard InChI is InChI=1S/C22H18BrN3O3S/c1-14-4-3-11-26-13-20(25-21(14)26)15-5-7-16(8-6-15)24-22(27)18-10-9-17(12-19(18)23)30(2,28)29/h3-13H,1-2H3,(H,24,27). The van der Waals surface area contributed by atoms with Crippen molar-refractivity contribution in [2.45, 2.75) is 11.8 Å². The van der Waals surface area contributed by atoms with Gasteiger partial charge in [-0.25, -0.2) is 13.4 Å². The van der Waals surface area contributed by atoms with E-state index in [4.69, 9.17) is 0 Å². The van der Waals surface area contributed by atoms with E-state index >= 15 is 0 Å². The van der Waals surface area contributed by atoms with Gasteiger partial charge < -0.3 is 9.72 Å². The van der Waals surface area contributed by atoms with Crippen LogP contribution in [0.3, 0.4) is 0 Å². The summed E-state index contributed by atoms with van der Waals surface area (Å²) in [6, 6.07) is 15.7. The van der Waals surface area contributed by atoms with E-state index in [-0.39, 0.29) is 10.8 Å². The minimum Gasteiger partial charge on any atom is -0.322 e. The van der Waals surface area contributed by atoms with Crippen molar-refractivity contribution in [1.29, 1.82) is 0 Å². The van der Waals surface area contributed by atoms with Gasteiger partial charge in [-0.05, 0) is 64.8 Å². The van der Waals surface area contributed by atoms with Crippen LogP contribution in [-0.2, 0) is 9.84 Å². The van der Waals surface area contributed by atoms with Crippen LogP contribution in [0.15, 0.2) is 76.4 Å². The quantitative estimate of drug-likeness (QED) is 0.454. The summed E-state index contributed by atoms with van der Waals surface area (Å²) in [6.07, 6.45) is 5.05. The van der Waals surface area contributed by atoms with Crippen molar-refractivity contribution >= 4 is 43.0 Å². The normalized spacial score (nSPS) is 11.6. The maximum absolute atomic E-state index is 12.6. The highest BCUT2D eigenvalue weighted by Gasteiger charge is 2.15. The number of imidazole rings is 1. The van der Waals surface area contributed by atoms with Crippen LogP contribution in [0.4, 0.5) is 5.69 Å². The fourth-order valence-electron chi connectivity index (χ4n) is 3.13. The zero-order valence-corrected chi connectivity index (χ0v) is 18.7. The summed E-state index contributed by atoms with van der Waals surface area (Å²) >= 11 is 3.28. The lowest BCUT2D eigenvalue weighted by Gasteiger charge is -2.09. The molecular weight excluding hydrogens is 466 g/mol. The number of hydrogen-bond acceptors (Lipinski definition) is 4. The lowest BCUT2D eigenvalue weighted by Crippen LogP contribution is -2.13. The van der Waals surface area contributed by atoms with E-state index in [1.807, 2.05) is 60.1 Å². The first-order valence-corrected chi connectivity index (χ1v) is 11.8. The number of benzene rings is 2. The lowest BCUT2D eigenvalue weighted by molar-refractivity contribution is 0.102. The first-order valence-electron chi connectivity index (χ1n) is 9.08. The molecule has 0 unspecified atom stereocenters. The molecule has 8 heteroatoms. The van der Waals surface area contributed by atoms with Crippen LogP contribution in [0.1, 0.15) is 15.9 Å². The third-order valence-corrected chi connectivity index (χ3v) is 6.50. The average Bonchev–Trinajstić information content (AvgIpc) is 3.13. The Kier molecular flexibility index (Phi) is 5.21. The number of rotatable bonds is 4. The SMILES string of the molecule is Cc1cccn2cc(-c3ccc(NC(=O)c4ccc(S(C)(=O)=O)cc4Br)cc3)nc12. The summed E-state index contributed by atoms with van der Waals surface area (Å²) in [7, 11) is -3.34. The highest BCUT2D eigenvalue weighted by atomic mass is 79.9. The number of amides is 1. The van der Waals surface area contributed by atoms with E-state index in [1.54, 1.807) is 0 Å². The number of pyridine rings is 1. The summed E-state index contributed by atoms with van der Waals surface area (Å²) in [5.41, 5.74) is 4.77. The molecule has 1 N–H and O–H groups in total. The number of halogens is 1. The third-order valence-electron chi connectivity index (χ3n) is 4.73. The van der Waals surface area contributed by atoms with E-state index in [9.17, 15) is 13.2 Å². The number of sulfone groups is 1. The van der Waals surface area contributed by atoms with E-state index < -0.39 is 9.84 Å². The molecule has 2 heterocycles. The second kappa shape index (κ2) is 7.70. The predicted molar refractivity (Wildman–Crippen MR) is 121 cm³/mol. The van der Waals surface area contributed by atoms with Gasteiger partial charge in [0.2, 0.25) is 0 Å². The molecule has 0 aliphatic rings. The number of aromatic nitrogens is 2. The zero-order chi connectivity index (χ0) is 21.5. The number of hydrogen-bond donors (Lipinski definition) is 1. The van der Waals surface area contributed by atoms with E-state index in [0.717, 1.165) is 28.7 Å². The van der Waals surface area contributed by atoms with Gasteiger partial charge in [0.25, 0.3) is 5.91 Å². The number of aryl methyl sites for hydroxylation is 1. The number of carbonyl (C=O) groups is 1. The molecule has 152 valence electrons. The first kappa shape index (κ1) is 20.3. The van der Waals surface area contributed by atoms with Crippen molar-refractivity contribution < 1.29 is 13.2 Å². The summed E-state index contributed by atoms with van der Waals surface area (Å²) in [5, 5.41) is 2.83. The van der Waals surface area contributed by atoms with Gasteiger partial charge in [-0.3, -0.25) is 4.79 Å². The molecule has 4 rings (SSSR count). The van der Waals surface area contributed by atoms with Gasteiger partial charge in [0.15, 0.2) is 9.84 Å². The molecule has 4 aromatic rings. The maximum Gasteiger partial charge on any atom is 0.256 e. The predicted octanol–water partition coefficient (Wildman–Crippen LogP) is 4.73. The summed E-state index contributed by atoms with van der Waals surface area (Å²) < 4.78 is 25.7. The van der Waals surface area contributed by atoms with Crippen LogP contribution in [-0.4, -0.2) is 30.0 Å². The van der Waals surface area contributed by atoms with Gasteiger partial charge >= 0.3 is 0 Å². The van der Waals surface area contributed by atoms with Crippen LogP contribution >= 0.6 is 15.9 Å². The van der Waals surface area contributed by atoms with Gasteiger partial charge in [0.1, 0.15) is 5.65 Å². The zero-order valence-electron chi connectivity index (χ0n) is 16.3. The number of anilines is 1. The van der Waals surface area contributed by atoms with Gasteiger partial charge in [0, 0.05) is 34.4 Å². The van der Waals surface area contributed by atoms with Crippen molar-refractivity contribution in [1.82, 2.24) is 9.38 Å².